The van der Waals surface area contributed by atoms with E-state index in [0.717, 1.165) is 5.56 Å². The van der Waals surface area contributed by atoms with Gasteiger partial charge in [-0.05, 0) is 11.5 Å². The fraction of sp³-hybridized carbons (Fsp3) is 0.357. The highest BCUT2D eigenvalue weighted by Gasteiger charge is 2.12. The summed E-state index contributed by atoms with van der Waals surface area (Å²) >= 11 is 0. The lowest BCUT2D eigenvalue weighted by Gasteiger charge is -2.18. The van der Waals surface area contributed by atoms with E-state index >= 15 is 0 Å². The molecular weight excluding hydrogens is 214 g/mol. The quantitative estimate of drug-likeness (QED) is 0.793. The van der Waals surface area contributed by atoms with Crippen molar-refractivity contribution in [2.24, 2.45) is 5.92 Å². The first-order chi connectivity index (χ1) is 8.13. The van der Waals surface area contributed by atoms with Gasteiger partial charge in [-0.25, -0.2) is 4.79 Å². The van der Waals surface area contributed by atoms with Crippen LogP contribution < -0.4 is 5.32 Å². The number of hydrogen-bond acceptors (Lipinski definition) is 2. The van der Waals surface area contributed by atoms with Crippen LogP contribution in [0.4, 0.5) is 4.79 Å². The Labute approximate surface area is 102 Å². The van der Waals surface area contributed by atoms with Crippen molar-refractivity contribution in [2.75, 3.05) is 0 Å². The van der Waals surface area contributed by atoms with Crippen molar-refractivity contribution in [3.05, 3.63) is 48.6 Å². The maximum Gasteiger partial charge on any atom is 0.407 e. The third-order valence-electron chi connectivity index (χ3n) is 2.47. The molecule has 3 heteroatoms. The van der Waals surface area contributed by atoms with Crippen LogP contribution in [-0.2, 0) is 11.3 Å². The van der Waals surface area contributed by atoms with Gasteiger partial charge in [0.2, 0.25) is 0 Å². The lowest BCUT2D eigenvalue weighted by Crippen LogP contribution is -2.37. The first kappa shape index (κ1) is 13.3. The maximum atomic E-state index is 11.5. The Morgan fingerprint density at radius 2 is 2.06 bits per heavy atom. The summed E-state index contributed by atoms with van der Waals surface area (Å²) < 4.78 is 5.11. The Kier molecular flexibility index (Phi) is 5.27. The fourth-order valence-electron chi connectivity index (χ4n) is 1.40. The van der Waals surface area contributed by atoms with E-state index < -0.39 is 6.09 Å². The maximum absolute atomic E-state index is 11.5. The molecule has 1 atom stereocenters. The van der Waals surface area contributed by atoms with Crippen LogP contribution in [0.5, 0.6) is 0 Å². The lowest BCUT2D eigenvalue weighted by atomic mass is 10.1. The van der Waals surface area contributed by atoms with E-state index in [1.165, 1.54) is 0 Å². The molecular formula is C14H19NO2. The first-order valence-corrected chi connectivity index (χ1v) is 5.73. The van der Waals surface area contributed by atoms with E-state index in [4.69, 9.17) is 4.74 Å². The lowest BCUT2D eigenvalue weighted by molar-refractivity contribution is 0.135. The SMILES string of the molecule is C=C[C@H](NC(=O)OCc1ccccc1)C(C)C. The molecule has 92 valence electrons. The highest BCUT2D eigenvalue weighted by atomic mass is 16.5. The standard InChI is InChI=1S/C14H19NO2/c1-4-13(11(2)3)15-14(16)17-10-12-8-6-5-7-9-12/h4-9,11,13H,1,10H2,2-3H3,(H,15,16)/t13-/m0/s1. The molecule has 0 fully saturated rings. The average molecular weight is 233 g/mol. The number of carbonyl (C=O) groups is 1. The van der Waals surface area contributed by atoms with E-state index in [1.54, 1.807) is 6.08 Å². The Bertz CT molecular complexity index is 360. The predicted molar refractivity (Wildman–Crippen MR) is 68.6 cm³/mol. The molecule has 0 aliphatic rings. The highest BCUT2D eigenvalue weighted by Crippen LogP contribution is 2.04. The second-order valence-electron chi connectivity index (χ2n) is 4.21. The van der Waals surface area contributed by atoms with Crippen molar-refractivity contribution in [3.8, 4) is 0 Å². The summed E-state index contributed by atoms with van der Waals surface area (Å²) in [6, 6.07) is 9.53. The summed E-state index contributed by atoms with van der Waals surface area (Å²) in [6.45, 7) is 8.01. The molecule has 0 aromatic heterocycles. The monoisotopic (exact) mass is 233 g/mol. The molecule has 1 N–H and O–H groups in total. The van der Waals surface area contributed by atoms with Crippen LogP contribution in [0.2, 0.25) is 0 Å². The van der Waals surface area contributed by atoms with Gasteiger partial charge in [0.1, 0.15) is 6.61 Å². The van der Waals surface area contributed by atoms with Crippen LogP contribution in [0.1, 0.15) is 19.4 Å². The molecule has 0 unspecified atom stereocenters. The number of nitrogens with one attached hydrogen (secondary N) is 1. The van der Waals surface area contributed by atoms with E-state index in [1.807, 2.05) is 44.2 Å². The van der Waals surface area contributed by atoms with Gasteiger partial charge in [0.15, 0.2) is 0 Å². The number of ether oxygens (including phenoxy) is 1. The van der Waals surface area contributed by atoms with Crippen molar-refractivity contribution in [3.63, 3.8) is 0 Å². The van der Waals surface area contributed by atoms with Crippen LogP contribution in [-0.4, -0.2) is 12.1 Å². The normalized spacial score (nSPS) is 11.9. The van der Waals surface area contributed by atoms with Crippen molar-refractivity contribution >= 4 is 6.09 Å². The first-order valence-electron chi connectivity index (χ1n) is 5.73. The molecule has 1 rings (SSSR count). The van der Waals surface area contributed by atoms with Gasteiger partial charge in [-0.15, -0.1) is 6.58 Å². The molecule has 1 aromatic rings. The zero-order valence-corrected chi connectivity index (χ0v) is 10.3. The van der Waals surface area contributed by atoms with Gasteiger partial charge >= 0.3 is 6.09 Å². The summed E-state index contributed by atoms with van der Waals surface area (Å²) in [6.07, 6.45) is 1.31. The van der Waals surface area contributed by atoms with Crippen LogP contribution in [0.3, 0.4) is 0 Å². The molecule has 17 heavy (non-hydrogen) atoms. The topological polar surface area (TPSA) is 38.3 Å². The van der Waals surface area contributed by atoms with Crippen molar-refractivity contribution in [1.29, 1.82) is 0 Å². The third-order valence-corrected chi connectivity index (χ3v) is 2.47. The van der Waals surface area contributed by atoms with Crippen LogP contribution in [0, 0.1) is 5.92 Å². The molecule has 0 saturated carbocycles. The highest BCUT2D eigenvalue weighted by molar-refractivity contribution is 5.67. The zero-order chi connectivity index (χ0) is 12.7. The summed E-state index contributed by atoms with van der Waals surface area (Å²) in [7, 11) is 0. The summed E-state index contributed by atoms with van der Waals surface area (Å²) in [4.78, 5) is 11.5. The largest absolute Gasteiger partial charge is 0.445 e. The molecule has 1 amide bonds. The zero-order valence-electron chi connectivity index (χ0n) is 10.3. The van der Waals surface area contributed by atoms with E-state index in [0.29, 0.717) is 5.92 Å². The van der Waals surface area contributed by atoms with Gasteiger partial charge < -0.3 is 10.1 Å². The minimum absolute atomic E-state index is 0.0572. The molecule has 0 bridgehead atoms. The van der Waals surface area contributed by atoms with Gasteiger partial charge in [0.05, 0.1) is 6.04 Å². The summed E-state index contributed by atoms with van der Waals surface area (Å²) in [5, 5.41) is 2.76. The Morgan fingerprint density at radius 1 is 1.41 bits per heavy atom. The van der Waals surface area contributed by atoms with Gasteiger partial charge in [0, 0.05) is 0 Å². The molecule has 0 aliphatic carbocycles. The number of benzene rings is 1. The van der Waals surface area contributed by atoms with E-state index in [-0.39, 0.29) is 12.6 Å². The smallest absolute Gasteiger partial charge is 0.407 e. The van der Waals surface area contributed by atoms with Gasteiger partial charge in [0.25, 0.3) is 0 Å². The predicted octanol–water partition coefficient (Wildman–Crippen LogP) is 3.12. The van der Waals surface area contributed by atoms with Crippen LogP contribution >= 0.6 is 0 Å². The number of amides is 1. The van der Waals surface area contributed by atoms with Gasteiger partial charge in [-0.1, -0.05) is 50.3 Å². The fourth-order valence-corrected chi connectivity index (χ4v) is 1.40. The van der Waals surface area contributed by atoms with E-state index in [2.05, 4.69) is 11.9 Å². The minimum Gasteiger partial charge on any atom is -0.445 e. The Hall–Kier alpha value is -1.77. The van der Waals surface area contributed by atoms with Crippen molar-refractivity contribution in [2.45, 2.75) is 26.5 Å². The number of hydrogen-bond donors (Lipinski definition) is 1. The van der Waals surface area contributed by atoms with E-state index in [9.17, 15) is 4.79 Å². The summed E-state index contributed by atoms with van der Waals surface area (Å²) in [5.41, 5.74) is 0.974. The second-order valence-corrected chi connectivity index (χ2v) is 4.21. The van der Waals surface area contributed by atoms with Crippen molar-refractivity contribution in [1.82, 2.24) is 5.32 Å². The summed E-state index contributed by atoms with van der Waals surface area (Å²) in [5.74, 6) is 0.303. The van der Waals surface area contributed by atoms with Crippen LogP contribution in [0.25, 0.3) is 0 Å². The molecule has 0 heterocycles. The van der Waals surface area contributed by atoms with Gasteiger partial charge in [-0.3, -0.25) is 0 Å². The minimum atomic E-state index is -0.410. The average Bonchev–Trinajstić information content (AvgIpc) is 2.34. The third kappa shape index (κ3) is 4.72. The molecule has 0 aliphatic heterocycles. The van der Waals surface area contributed by atoms with Crippen molar-refractivity contribution < 1.29 is 9.53 Å². The number of rotatable bonds is 5. The van der Waals surface area contributed by atoms with Crippen LogP contribution in [0.15, 0.2) is 43.0 Å². The Balaban J connectivity index is 2.37. The van der Waals surface area contributed by atoms with Gasteiger partial charge in [-0.2, -0.15) is 0 Å². The Morgan fingerprint density at radius 3 is 2.59 bits per heavy atom. The molecule has 3 nitrogen and oxygen atoms in total. The number of alkyl carbamates (subject to hydrolysis) is 1. The molecule has 1 aromatic carbocycles. The molecule has 0 spiro atoms. The second kappa shape index (κ2) is 6.74. The molecule has 0 radical (unpaired) electrons. The number of carbonyl (C=O) groups excluding carboxylic acids is 1. The molecule has 0 saturated heterocycles.